The SMILES string of the molecule is CCOC(=O)c1cc2c(C)nnc(Cl)c2cc1OC. The molecule has 1 heterocycles. The topological polar surface area (TPSA) is 61.3 Å². The molecule has 0 bridgehead atoms. The van der Waals surface area contributed by atoms with Gasteiger partial charge in [-0.05, 0) is 26.0 Å². The number of carbonyl (C=O) groups excluding carboxylic acids is 1. The molecular formula is C13H13ClN2O3. The lowest BCUT2D eigenvalue weighted by molar-refractivity contribution is 0.0523. The number of halogens is 1. The Labute approximate surface area is 115 Å². The van der Waals surface area contributed by atoms with Gasteiger partial charge in [0.1, 0.15) is 11.3 Å². The summed E-state index contributed by atoms with van der Waals surface area (Å²) in [6, 6.07) is 3.34. The maximum absolute atomic E-state index is 11.9. The summed E-state index contributed by atoms with van der Waals surface area (Å²) in [5, 5.41) is 9.49. The molecule has 0 fully saturated rings. The van der Waals surface area contributed by atoms with Crippen LogP contribution in [0.3, 0.4) is 0 Å². The van der Waals surface area contributed by atoms with Gasteiger partial charge < -0.3 is 9.47 Å². The van der Waals surface area contributed by atoms with Crippen LogP contribution >= 0.6 is 11.6 Å². The summed E-state index contributed by atoms with van der Waals surface area (Å²) in [4.78, 5) is 11.9. The second-order valence-electron chi connectivity index (χ2n) is 3.89. The Morgan fingerprint density at radius 2 is 2.05 bits per heavy atom. The molecule has 0 saturated heterocycles. The van der Waals surface area contributed by atoms with Crippen molar-refractivity contribution < 1.29 is 14.3 Å². The lowest BCUT2D eigenvalue weighted by atomic mass is 10.1. The number of carbonyl (C=O) groups is 1. The molecule has 0 amide bonds. The van der Waals surface area contributed by atoms with Crippen molar-refractivity contribution in [2.45, 2.75) is 13.8 Å². The molecule has 19 heavy (non-hydrogen) atoms. The van der Waals surface area contributed by atoms with Gasteiger partial charge in [-0.25, -0.2) is 4.79 Å². The number of hydrogen-bond donors (Lipinski definition) is 0. The number of aryl methyl sites for hydroxylation is 1. The molecule has 0 unspecified atom stereocenters. The monoisotopic (exact) mass is 280 g/mol. The number of hydrogen-bond acceptors (Lipinski definition) is 5. The highest BCUT2D eigenvalue weighted by Crippen LogP contribution is 2.30. The highest BCUT2D eigenvalue weighted by molar-refractivity contribution is 6.34. The predicted octanol–water partition coefficient (Wildman–Crippen LogP) is 2.78. The Kier molecular flexibility index (Phi) is 3.85. The third-order valence-electron chi connectivity index (χ3n) is 2.73. The highest BCUT2D eigenvalue weighted by atomic mass is 35.5. The second kappa shape index (κ2) is 5.40. The molecule has 2 rings (SSSR count). The first-order valence-electron chi connectivity index (χ1n) is 5.76. The van der Waals surface area contributed by atoms with Crippen LogP contribution in [-0.2, 0) is 4.74 Å². The van der Waals surface area contributed by atoms with Gasteiger partial charge in [0.15, 0.2) is 5.15 Å². The van der Waals surface area contributed by atoms with E-state index in [-0.39, 0.29) is 5.15 Å². The molecule has 0 saturated carbocycles. The molecular weight excluding hydrogens is 268 g/mol. The van der Waals surface area contributed by atoms with Crippen molar-refractivity contribution in [1.29, 1.82) is 0 Å². The van der Waals surface area contributed by atoms with Crippen LogP contribution in [-0.4, -0.2) is 29.9 Å². The van der Waals surface area contributed by atoms with E-state index in [1.54, 1.807) is 26.0 Å². The number of nitrogens with zero attached hydrogens (tertiary/aromatic N) is 2. The van der Waals surface area contributed by atoms with Crippen molar-refractivity contribution >= 4 is 28.3 Å². The van der Waals surface area contributed by atoms with Crippen LogP contribution in [0.1, 0.15) is 23.0 Å². The zero-order chi connectivity index (χ0) is 14.0. The molecule has 6 heteroatoms. The van der Waals surface area contributed by atoms with E-state index in [0.29, 0.717) is 29.0 Å². The van der Waals surface area contributed by atoms with Crippen LogP contribution in [0.25, 0.3) is 10.8 Å². The highest BCUT2D eigenvalue weighted by Gasteiger charge is 2.17. The van der Waals surface area contributed by atoms with Gasteiger partial charge >= 0.3 is 5.97 Å². The first kappa shape index (κ1) is 13.5. The van der Waals surface area contributed by atoms with Crippen LogP contribution < -0.4 is 4.74 Å². The molecule has 2 aromatic rings. The van der Waals surface area contributed by atoms with Crippen molar-refractivity contribution in [3.63, 3.8) is 0 Å². The first-order valence-corrected chi connectivity index (χ1v) is 6.14. The van der Waals surface area contributed by atoms with E-state index < -0.39 is 5.97 Å². The summed E-state index contributed by atoms with van der Waals surface area (Å²) in [7, 11) is 1.49. The van der Waals surface area contributed by atoms with Gasteiger partial charge in [-0.3, -0.25) is 0 Å². The molecule has 1 aromatic carbocycles. The Bertz CT molecular complexity index is 643. The fraction of sp³-hybridized carbons (Fsp3) is 0.308. The molecule has 100 valence electrons. The average molecular weight is 281 g/mol. The van der Waals surface area contributed by atoms with Crippen molar-refractivity contribution in [2.24, 2.45) is 0 Å². The van der Waals surface area contributed by atoms with E-state index in [4.69, 9.17) is 21.1 Å². The summed E-state index contributed by atoms with van der Waals surface area (Å²) in [5.74, 6) is -0.0335. The van der Waals surface area contributed by atoms with Gasteiger partial charge in [0.25, 0.3) is 0 Å². The molecule has 0 spiro atoms. The molecule has 0 radical (unpaired) electrons. The number of esters is 1. The minimum absolute atomic E-state index is 0.273. The van der Waals surface area contributed by atoms with Crippen LogP contribution in [0.4, 0.5) is 0 Å². The number of ether oxygens (including phenoxy) is 2. The molecule has 0 N–H and O–H groups in total. The number of fused-ring (bicyclic) bond motifs is 1. The van der Waals surface area contributed by atoms with Crippen LogP contribution in [0.15, 0.2) is 12.1 Å². The largest absolute Gasteiger partial charge is 0.496 e. The Hall–Kier alpha value is -1.88. The maximum atomic E-state index is 11.9. The van der Waals surface area contributed by atoms with Gasteiger partial charge in [0.2, 0.25) is 0 Å². The molecule has 0 aliphatic rings. The van der Waals surface area contributed by atoms with Crippen LogP contribution in [0.5, 0.6) is 5.75 Å². The van der Waals surface area contributed by atoms with E-state index in [1.807, 2.05) is 0 Å². The zero-order valence-corrected chi connectivity index (χ0v) is 11.6. The molecule has 5 nitrogen and oxygen atoms in total. The number of benzene rings is 1. The van der Waals surface area contributed by atoms with Gasteiger partial charge in [-0.1, -0.05) is 11.6 Å². The smallest absolute Gasteiger partial charge is 0.341 e. The van der Waals surface area contributed by atoms with Crippen LogP contribution in [0, 0.1) is 6.92 Å². The maximum Gasteiger partial charge on any atom is 0.341 e. The normalized spacial score (nSPS) is 10.5. The van der Waals surface area contributed by atoms with Crippen molar-refractivity contribution in [3.8, 4) is 5.75 Å². The summed E-state index contributed by atoms with van der Waals surface area (Å²) in [6.07, 6.45) is 0. The molecule has 0 aliphatic carbocycles. The van der Waals surface area contributed by atoms with Crippen molar-refractivity contribution in [3.05, 3.63) is 28.5 Å². The van der Waals surface area contributed by atoms with E-state index in [1.165, 1.54) is 7.11 Å². The predicted molar refractivity (Wildman–Crippen MR) is 71.8 cm³/mol. The summed E-state index contributed by atoms with van der Waals surface area (Å²) >= 11 is 6.01. The average Bonchev–Trinajstić information content (AvgIpc) is 2.42. The Balaban J connectivity index is 2.71. The summed E-state index contributed by atoms with van der Waals surface area (Å²) in [6.45, 7) is 3.85. The fourth-order valence-corrected chi connectivity index (χ4v) is 2.01. The minimum Gasteiger partial charge on any atom is -0.496 e. The lowest BCUT2D eigenvalue weighted by Crippen LogP contribution is -2.07. The van der Waals surface area contributed by atoms with E-state index >= 15 is 0 Å². The first-order chi connectivity index (χ1) is 9.08. The molecule has 1 aromatic heterocycles. The van der Waals surface area contributed by atoms with Gasteiger partial charge in [0, 0.05) is 10.8 Å². The number of aromatic nitrogens is 2. The minimum atomic E-state index is -0.436. The van der Waals surface area contributed by atoms with E-state index in [9.17, 15) is 4.79 Å². The quantitative estimate of drug-likeness (QED) is 0.809. The van der Waals surface area contributed by atoms with Crippen molar-refractivity contribution in [1.82, 2.24) is 10.2 Å². The van der Waals surface area contributed by atoms with Gasteiger partial charge in [-0.2, -0.15) is 5.10 Å². The number of methoxy groups -OCH3 is 1. The van der Waals surface area contributed by atoms with E-state index in [2.05, 4.69) is 10.2 Å². The Morgan fingerprint density at radius 1 is 1.32 bits per heavy atom. The standard InChI is InChI=1S/C13H13ClN2O3/c1-4-19-13(17)10-5-8-7(2)15-16-12(14)9(8)6-11(10)18-3/h5-6H,4H2,1-3H3. The Morgan fingerprint density at radius 3 is 2.68 bits per heavy atom. The second-order valence-corrected chi connectivity index (χ2v) is 4.25. The third kappa shape index (κ3) is 2.46. The van der Waals surface area contributed by atoms with Gasteiger partial charge in [-0.15, -0.1) is 5.10 Å². The lowest BCUT2D eigenvalue weighted by Gasteiger charge is -2.11. The molecule has 0 atom stereocenters. The number of rotatable bonds is 3. The fourth-order valence-electron chi connectivity index (χ4n) is 1.81. The molecule has 0 aliphatic heterocycles. The summed E-state index contributed by atoms with van der Waals surface area (Å²) in [5.41, 5.74) is 1.04. The van der Waals surface area contributed by atoms with E-state index in [0.717, 1.165) is 5.39 Å². The van der Waals surface area contributed by atoms with Gasteiger partial charge in [0.05, 0.1) is 19.4 Å². The van der Waals surface area contributed by atoms with Crippen molar-refractivity contribution in [2.75, 3.05) is 13.7 Å². The summed E-state index contributed by atoms with van der Waals surface area (Å²) < 4.78 is 10.2. The van der Waals surface area contributed by atoms with Crippen LogP contribution in [0.2, 0.25) is 5.15 Å². The zero-order valence-electron chi connectivity index (χ0n) is 10.9. The third-order valence-corrected chi connectivity index (χ3v) is 3.01.